The second-order valence-corrected chi connectivity index (χ2v) is 8.59. The monoisotopic (exact) mass is 444 g/mol. The molecule has 6 heteroatoms. The number of rotatable bonds is 8. The van der Waals surface area contributed by atoms with Crippen molar-refractivity contribution in [2.45, 2.75) is 70.5 Å². The lowest BCUT2D eigenvalue weighted by molar-refractivity contribution is -0.141. The molecule has 0 aromatic heterocycles. The third kappa shape index (κ3) is 6.54. The van der Waals surface area contributed by atoms with E-state index in [9.17, 15) is 14.0 Å². The molecule has 0 spiro atoms. The van der Waals surface area contributed by atoms with Crippen LogP contribution in [0.1, 0.15) is 56.6 Å². The van der Waals surface area contributed by atoms with Crippen LogP contribution in [0.5, 0.6) is 0 Å². The van der Waals surface area contributed by atoms with Gasteiger partial charge in [-0.05, 0) is 48.6 Å². The molecule has 2 amide bonds. The van der Waals surface area contributed by atoms with E-state index in [0.29, 0.717) is 17.0 Å². The Labute approximate surface area is 188 Å². The molecular formula is C25H30ClFN2O2. The van der Waals surface area contributed by atoms with Gasteiger partial charge in [0.05, 0.1) is 6.42 Å². The van der Waals surface area contributed by atoms with Crippen LogP contribution in [0.3, 0.4) is 0 Å². The van der Waals surface area contributed by atoms with Crippen molar-refractivity contribution >= 4 is 23.4 Å². The van der Waals surface area contributed by atoms with Crippen LogP contribution in [-0.2, 0) is 22.6 Å². The Bertz CT molecular complexity index is 881. The summed E-state index contributed by atoms with van der Waals surface area (Å²) in [4.78, 5) is 28.1. The number of carbonyl (C=O) groups excluding carboxylic acids is 2. The van der Waals surface area contributed by atoms with Gasteiger partial charge in [0.1, 0.15) is 11.9 Å². The molecule has 31 heavy (non-hydrogen) atoms. The molecule has 2 aromatic carbocycles. The highest BCUT2D eigenvalue weighted by atomic mass is 35.5. The lowest BCUT2D eigenvalue weighted by atomic mass is 9.95. The number of hydrogen-bond acceptors (Lipinski definition) is 2. The van der Waals surface area contributed by atoms with Crippen LogP contribution in [0.15, 0.2) is 48.5 Å². The fourth-order valence-corrected chi connectivity index (χ4v) is 4.35. The zero-order valence-corrected chi connectivity index (χ0v) is 18.7. The Balaban J connectivity index is 1.81. The van der Waals surface area contributed by atoms with E-state index in [1.807, 2.05) is 25.1 Å². The van der Waals surface area contributed by atoms with Gasteiger partial charge in [0.2, 0.25) is 11.8 Å². The minimum Gasteiger partial charge on any atom is -0.352 e. The molecule has 1 aliphatic rings. The molecule has 1 saturated carbocycles. The summed E-state index contributed by atoms with van der Waals surface area (Å²) in [6, 6.07) is 12.8. The van der Waals surface area contributed by atoms with Crippen molar-refractivity contribution in [3.63, 3.8) is 0 Å². The fourth-order valence-electron chi connectivity index (χ4n) is 4.15. The van der Waals surface area contributed by atoms with Gasteiger partial charge in [0, 0.05) is 17.6 Å². The van der Waals surface area contributed by atoms with E-state index in [0.717, 1.165) is 31.2 Å². The minimum absolute atomic E-state index is 0.0952. The molecule has 0 saturated heterocycles. The second-order valence-electron chi connectivity index (χ2n) is 8.18. The van der Waals surface area contributed by atoms with Gasteiger partial charge in [0.25, 0.3) is 0 Å². The van der Waals surface area contributed by atoms with Crippen molar-refractivity contribution in [1.82, 2.24) is 10.2 Å². The summed E-state index contributed by atoms with van der Waals surface area (Å²) in [7, 11) is 0. The maximum Gasteiger partial charge on any atom is 0.243 e. The zero-order valence-electron chi connectivity index (χ0n) is 17.9. The molecule has 1 aliphatic carbocycles. The minimum atomic E-state index is -0.592. The number of benzene rings is 2. The molecule has 1 fully saturated rings. The van der Waals surface area contributed by atoms with Gasteiger partial charge >= 0.3 is 0 Å². The van der Waals surface area contributed by atoms with Crippen LogP contribution >= 0.6 is 11.6 Å². The van der Waals surface area contributed by atoms with Gasteiger partial charge in [0.15, 0.2) is 0 Å². The maximum absolute atomic E-state index is 13.3. The summed E-state index contributed by atoms with van der Waals surface area (Å²) in [5.74, 6) is -0.645. The number of amides is 2. The van der Waals surface area contributed by atoms with Gasteiger partial charge in [-0.25, -0.2) is 4.39 Å². The zero-order chi connectivity index (χ0) is 22.2. The molecule has 0 heterocycles. The molecule has 0 aliphatic heterocycles. The highest BCUT2D eigenvalue weighted by Gasteiger charge is 2.30. The van der Waals surface area contributed by atoms with Crippen molar-refractivity contribution in [1.29, 1.82) is 0 Å². The van der Waals surface area contributed by atoms with E-state index >= 15 is 0 Å². The van der Waals surface area contributed by atoms with Crippen molar-refractivity contribution in [3.05, 3.63) is 70.5 Å². The van der Waals surface area contributed by atoms with E-state index in [2.05, 4.69) is 5.32 Å². The number of carbonyl (C=O) groups is 2. The molecule has 2 aromatic rings. The van der Waals surface area contributed by atoms with Crippen LogP contribution in [0, 0.1) is 5.82 Å². The second kappa shape index (κ2) is 11.3. The topological polar surface area (TPSA) is 49.4 Å². The Morgan fingerprint density at radius 1 is 1.10 bits per heavy atom. The van der Waals surface area contributed by atoms with Gasteiger partial charge in [-0.15, -0.1) is 0 Å². The van der Waals surface area contributed by atoms with Crippen LogP contribution in [0.4, 0.5) is 4.39 Å². The average Bonchev–Trinajstić information content (AvgIpc) is 2.77. The summed E-state index contributed by atoms with van der Waals surface area (Å²) in [6.45, 7) is 2.16. The maximum atomic E-state index is 13.3. The van der Waals surface area contributed by atoms with E-state index in [4.69, 9.17) is 11.6 Å². The summed E-state index contributed by atoms with van der Waals surface area (Å²) in [5, 5.41) is 3.72. The first-order valence-electron chi connectivity index (χ1n) is 11.1. The molecule has 0 bridgehead atoms. The van der Waals surface area contributed by atoms with Gasteiger partial charge in [-0.1, -0.05) is 68.1 Å². The largest absolute Gasteiger partial charge is 0.352 e. The lowest BCUT2D eigenvalue weighted by Gasteiger charge is -2.33. The van der Waals surface area contributed by atoms with Crippen LogP contribution in [0.25, 0.3) is 0 Å². The first-order valence-corrected chi connectivity index (χ1v) is 11.4. The third-order valence-corrected chi connectivity index (χ3v) is 6.27. The van der Waals surface area contributed by atoms with Crippen LogP contribution < -0.4 is 5.32 Å². The summed E-state index contributed by atoms with van der Waals surface area (Å²) in [5.41, 5.74) is 1.50. The summed E-state index contributed by atoms with van der Waals surface area (Å²) in [6.07, 6.45) is 6.00. The first-order chi connectivity index (χ1) is 15.0. The lowest BCUT2D eigenvalue weighted by Crippen LogP contribution is -2.52. The normalized spacial score (nSPS) is 15.3. The Hall–Kier alpha value is -2.40. The SMILES string of the molecule is CC[C@H](C(=O)NC1CCCCC1)N(Cc1ccccc1Cl)C(=O)Cc1ccc(F)cc1. The van der Waals surface area contributed by atoms with E-state index < -0.39 is 6.04 Å². The Kier molecular flexibility index (Phi) is 8.47. The summed E-state index contributed by atoms with van der Waals surface area (Å²) >= 11 is 6.35. The fraction of sp³-hybridized carbons (Fsp3) is 0.440. The highest BCUT2D eigenvalue weighted by Crippen LogP contribution is 2.22. The Morgan fingerprint density at radius 3 is 2.42 bits per heavy atom. The third-order valence-electron chi connectivity index (χ3n) is 5.90. The molecular weight excluding hydrogens is 415 g/mol. The molecule has 4 nitrogen and oxygen atoms in total. The van der Waals surface area contributed by atoms with Crippen molar-refractivity contribution in [2.75, 3.05) is 0 Å². The van der Waals surface area contributed by atoms with Crippen molar-refractivity contribution < 1.29 is 14.0 Å². The predicted octanol–water partition coefficient (Wildman–Crippen LogP) is 5.28. The van der Waals surface area contributed by atoms with E-state index in [1.165, 1.54) is 18.6 Å². The van der Waals surface area contributed by atoms with Crippen LogP contribution in [0.2, 0.25) is 5.02 Å². The first kappa shape index (κ1) is 23.3. The molecule has 3 rings (SSSR count). The number of halogens is 2. The molecule has 1 N–H and O–H groups in total. The number of nitrogens with zero attached hydrogens (tertiary/aromatic N) is 1. The average molecular weight is 445 g/mol. The van der Waals surface area contributed by atoms with Gasteiger partial charge < -0.3 is 10.2 Å². The summed E-state index contributed by atoms with van der Waals surface area (Å²) < 4.78 is 13.3. The Morgan fingerprint density at radius 2 is 1.77 bits per heavy atom. The highest BCUT2D eigenvalue weighted by molar-refractivity contribution is 6.31. The number of nitrogens with one attached hydrogen (secondary N) is 1. The van der Waals surface area contributed by atoms with Crippen LogP contribution in [-0.4, -0.2) is 28.8 Å². The van der Waals surface area contributed by atoms with E-state index in [1.54, 1.807) is 23.1 Å². The van der Waals surface area contributed by atoms with Crippen molar-refractivity contribution in [2.24, 2.45) is 0 Å². The van der Waals surface area contributed by atoms with Gasteiger partial charge in [-0.3, -0.25) is 9.59 Å². The smallest absolute Gasteiger partial charge is 0.243 e. The van der Waals surface area contributed by atoms with Gasteiger partial charge in [-0.2, -0.15) is 0 Å². The van der Waals surface area contributed by atoms with Crippen molar-refractivity contribution in [3.8, 4) is 0 Å². The molecule has 1 atom stereocenters. The predicted molar refractivity (Wildman–Crippen MR) is 121 cm³/mol. The molecule has 0 unspecified atom stereocenters. The standard InChI is InChI=1S/C25H30ClFN2O2/c1-2-23(25(31)28-21-9-4-3-5-10-21)29(17-19-8-6-7-11-22(19)26)24(30)16-18-12-14-20(27)15-13-18/h6-8,11-15,21,23H,2-5,9-10,16-17H2,1H3,(H,28,31)/t23-/m1/s1. The quantitative estimate of drug-likeness (QED) is 0.602. The molecule has 166 valence electrons. The molecule has 0 radical (unpaired) electrons. The van der Waals surface area contributed by atoms with E-state index in [-0.39, 0.29) is 36.6 Å². The number of hydrogen-bond donors (Lipinski definition) is 1.